The Labute approximate surface area is 149 Å². The topological polar surface area (TPSA) is 84.2 Å². The van der Waals surface area contributed by atoms with Crippen molar-refractivity contribution in [3.8, 4) is 0 Å². The third kappa shape index (κ3) is 4.60. The fourth-order valence-corrected chi connectivity index (χ4v) is 4.12. The van der Waals surface area contributed by atoms with Gasteiger partial charge in [0, 0.05) is 23.2 Å². The molecule has 5 heteroatoms. The smallest absolute Gasteiger partial charge is 0.251 e. The Hall–Kier alpha value is -1.88. The summed E-state index contributed by atoms with van der Waals surface area (Å²) in [7, 11) is 0. The van der Waals surface area contributed by atoms with Gasteiger partial charge in [0.25, 0.3) is 5.91 Å². The number of nitrogens with two attached hydrogens (primary N) is 1. The maximum atomic E-state index is 12.4. The summed E-state index contributed by atoms with van der Waals surface area (Å²) in [6.45, 7) is 0.568. The Morgan fingerprint density at radius 2 is 1.68 bits per heavy atom. The predicted octanol–water partition coefficient (Wildman–Crippen LogP) is 3.06. The average Bonchev–Trinajstić information content (AvgIpc) is 3.12. The number of carbonyl (C=O) groups is 2. The molecule has 2 amide bonds. The van der Waals surface area contributed by atoms with Gasteiger partial charge >= 0.3 is 0 Å². The lowest BCUT2D eigenvalue weighted by atomic mass is 9.95. The number of carbonyl (C=O) groups excluding carboxylic acids is 2. The van der Waals surface area contributed by atoms with Gasteiger partial charge < -0.3 is 16.4 Å². The molecule has 2 aliphatic rings. The van der Waals surface area contributed by atoms with Crippen LogP contribution in [0.2, 0.25) is 0 Å². The molecular formula is C20H29N3O2. The van der Waals surface area contributed by atoms with E-state index in [0.717, 1.165) is 37.8 Å². The highest BCUT2D eigenvalue weighted by atomic mass is 16.2. The summed E-state index contributed by atoms with van der Waals surface area (Å²) in [5, 5.41) is 6.08. The van der Waals surface area contributed by atoms with Crippen LogP contribution in [-0.2, 0) is 4.79 Å². The maximum absolute atomic E-state index is 12.4. The molecule has 0 spiro atoms. The van der Waals surface area contributed by atoms with Gasteiger partial charge in [0.2, 0.25) is 5.91 Å². The summed E-state index contributed by atoms with van der Waals surface area (Å²) < 4.78 is 0. The van der Waals surface area contributed by atoms with Gasteiger partial charge in [0.1, 0.15) is 0 Å². The van der Waals surface area contributed by atoms with Crippen molar-refractivity contribution in [2.75, 3.05) is 11.9 Å². The summed E-state index contributed by atoms with van der Waals surface area (Å²) in [4.78, 5) is 24.7. The van der Waals surface area contributed by atoms with Gasteiger partial charge in [0.15, 0.2) is 0 Å². The van der Waals surface area contributed by atoms with E-state index >= 15 is 0 Å². The number of hydrogen-bond acceptors (Lipinski definition) is 3. The molecule has 25 heavy (non-hydrogen) atoms. The zero-order valence-electron chi connectivity index (χ0n) is 14.8. The summed E-state index contributed by atoms with van der Waals surface area (Å²) >= 11 is 0. The van der Waals surface area contributed by atoms with Crippen molar-refractivity contribution >= 4 is 17.5 Å². The maximum Gasteiger partial charge on any atom is 0.251 e. The van der Waals surface area contributed by atoms with Gasteiger partial charge in [-0.2, -0.15) is 0 Å². The van der Waals surface area contributed by atoms with Crippen molar-refractivity contribution in [3.05, 3.63) is 29.8 Å². The number of rotatable bonds is 5. The highest BCUT2D eigenvalue weighted by molar-refractivity contribution is 5.96. The minimum atomic E-state index is -0.0243. The third-order valence-corrected chi connectivity index (χ3v) is 5.65. The van der Waals surface area contributed by atoms with Gasteiger partial charge in [-0.25, -0.2) is 0 Å². The molecule has 0 aromatic heterocycles. The zero-order chi connectivity index (χ0) is 17.6. The minimum Gasteiger partial charge on any atom is -0.349 e. The van der Waals surface area contributed by atoms with Gasteiger partial charge in [-0.3, -0.25) is 9.59 Å². The van der Waals surface area contributed by atoms with E-state index in [1.807, 2.05) is 0 Å². The first-order valence-corrected chi connectivity index (χ1v) is 9.59. The van der Waals surface area contributed by atoms with E-state index in [-0.39, 0.29) is 17.7 Å². The first-order valence-electron chi connectivity index (χ1n) is 9.59. The van der Waals surface area contributed by atoms with Crippen LogP contribution in [-0.4, -0.2) is 24.4 Å². The molecule has 0 aliphatic heterocycles. The Balaban J connectivity index is 1.54. The number of hydrogen-bond donors (Lipinski definition) is 3. The molecule has 136 valence electrons. The van der Waals surface area contributed by atoms with Crippen LogP contribution in [0, 0.1) is 11.8 Å². The molecule has 1 aromatic carbocycles. The Kier molecular flexibility index (Phi) is 6.08. The molecule has 0 unspecified atom stereocenters. The molecule has 1 aromatic rings. The molecule has 2 aliphatic carbocycles. The van der Waals surface area contributed by atoms with Crippen molar-refractivity contribution in [2.45, 2.75) is 57.4 Å². The van der Waals surface area contributed by atoms with Crippen LogP contribution in [0.4, 0.5) is 5.69 Å². The predicted molar refractivity (Wildman–Crippen MR) is 99.3 cm³/mol. The van der Waals surface area contributed by atoms with Gasteiger partial charge in [0.05, 0.1) is 0 Å². The molecule has 2 atom stereocenters. The van der Waals surface area contributed by atoms with Crippen LogP contribution >= 0.6 is 0 Å². The quantitative estimate of drug-likeness (QED) is 0.768. The molecule has 2 saturated carbocycles. The van der Waals surface area contributed by atoms with Gasteiger partial charge in [-0.1, -0.05) is 25.7 Å². The first kappa shape index (κ1) is 17.9. The first-order chi connectivity index (χ1) is 12.2. The van der Waals surface area contributed by atoms with Crippen LogP contribution in [0.15, 0.2) is 24.3 Å². The lowest BCUT2D eigenvalue weighted by molar-refractivity contribution is -0.120. The largest absolute Gasteiger partial charge is 0.349 e. The third-order valence-electron chi connectivity index (χ3n) is 5.65. The normalized spacial score (nSPS) is 24.0. The molecule has 0 bridgehead atoms. The van der Waals surface area contributed by atoms with E-state index < -0.39 is 0 Å². The van der Waals surface area contributed by atoms with Crippen molar-refractivity contribution in [1.82, 2.24) is 5.32 Å². The fraction of sp³-hybridized carbons (Fsp3) is 0.600. The number of nitrogens with one attached hydrogen (secondary N) is 2. The van der Waals surface area contributed by atoms with Crippen molar-refractivity contribution in [2.24, 2.45) is 17.6 Å². The zero-order valence-corrected chi connectivity index (χ0v) is 14.8. The summed E-state index contributed by atoms with van der Waals surface area (Å²) in [6, 6.07) is 7.47. The van der Waals surface area contributed by atoms with Crippen LogP contribution < -0.4 is 16.4 Å². The summed E-state index contributed by atoms with van der Waals surface area (Å²) in [5.74, 6) is 0.330. The fourth-order valence-electron chi connectivity index (χ4n) is 4.12. The van der Waals surface area contributed by atoms with E-state index in [1.165, 1.54) is 19.3 Å². The van der Waals surface area contributed by atoms with Crippen molar-refractivity contribution < 1.29 is 9.59 Å². The molecule has 2 fully saturated rings. The standard InChI is InChI=1S/C20H29N3O2/c21-13-15-5-4-8-18(15)20(25)23-17-11-9-14(10-12-17)19(24)22-16-6-2-1-3-7-16/h9-12,15-16,18H,1-8,13,21H2,(H,22,24)(H,23,25)/t15-,18-/m1/s1. The van der Waals surface area contributed by atoms with E-state index in [0.29, 0.717) is 24.1 Å². The van der Waals surface area contributed by atoms with Crippen LogP contribution in [0.1, 0.15) is 61.7 Å². The number of amides is 2. The molecule has 4 N–H and O–H groups in total. The van der Waals surface area contributed by atoms with Crippen LogP contribution in [0.3, 0.4) is 0 Å². The molecule has 3 rings (SSSR count). The van der Waals surface area contributed by atoms with Crippen LogP contribution in [0.25, 0.3) is 0 Å². The van der Waals surface area contributed by atoms with Gasteiger partial charge in [-0.15, -0.1) is 0 Å². The lowest BCUT2D eigenvalue weighted by Crippen LogP contribution is -2.36. The van der Waals surface area contributed by atoms with E-state index in [2.05, 4.69) is 10.6 Å². The second-order valence-electron chi connectivity index (χ2n) is 7.41. The Morgan fingerprint density at radius 3 is 2.36 bits per heavy atom. The molecule has 0 saturated heterocycles. The second-order valence-corrected chi connectivity index (χ2v) is 7.41. The molecule has 0 radical (unpaired) electrons. The van der Waals surface area contributed by atoms with Crippen molar-refractivity contribution in [3.63, 3.8) is 0 Å². The second kappa shape index (κ2) is 8.48. The summed E-state index contributed by atoms with van der Waals surface area (Å²) in [5.41, 5.74) is 7.14. The average molecular weight is 343 g/mol. The monoisotopic (exact) mass is 343 g/mol. The van der Waals surface area contributed by atoms with E-state index in [1.54, 1.807) is 24.3 Å². The summed E-state index contributed by atoms with van der Waals surface area (Å²) in [6.07, 6.45) is 8.83. The Bertz CT molecular complexity index is 593. The number of anilines is 1. The van der Waals surface area contributed by atoms with E-state index in [4.69, 9.17) is 5.73 Å². The molecule has 5 nitrogen and oxygen atoms in total. The molecule has 0 heterocycles. The Morgan fingerprint density at radius 1 is 0.960 bits per heavy atom. The van der Waals surface area contributed by atoms with Crippen LogP contribution in [0.5, 0.6) is 0 Å². The molecular weight excluding hydrogens is 314 g/mol. The lowest BCUT2D eigenvalue weighted by Gasteiger charge is -2.22. The highest BCUT2D eigenvalue weighted by Gasteiger charge is 2.31. The minimum absolute atomic E-state index is 0.0132. The van der Waals surface area contributed by atoms with E-state index in [9.17, 15) is 9.59 Å². The van der Waals surface area contributed by atoms with Crippen molar-refractivity contribution in [1.29, 1.82) is 0 Å². The SMILES string of the molecule is NC[C@H]1CCC[C@H]1C(=O)Nc1ccc(C(=O)NC2CCCCC2)cc1. The number of benzene rings is 1. The van der Waals surface area contributed by atoms with Gasteiger partial charge in [-0.05, 0) is 62.4 Å². The highest BCUT2D eigenvalue weighted by Crippen LogP contribution is 2.31.